The first-order valence-electron chi connectivity index (χ1n) is 5.30. The number of carbonyl (C=O) groups excluding carboxylic acids is 1. The molecular weight excluding hydrogens is 222 g/mol. The predicted molar refractivity (Wildman–Crippen MR) is 67.9 cm³/mol. The number of halogens is 1. The fourth-order valence-corrected chi connectivity index (χ4v) is 1.48. The molecule has 2 nitrogen and oxygen atoms in total. The highest BCUT2D eigenvalue weighted by Crippen LogP contribution is 2.20. The van der Waals surface area contributed by atoms with E-state index in [0.29, 0.717) is 11.4 Å². The van der Waals surface area contributed by atoms with Crippen LogP contribution in [0.1, 0.15) is 19.4 Å². The van der Waals surface area contributed by atoms with Gasteiger partial charge in [0.15, 0.2) is 5.78 Å². The summed E-state index contributed by atoms with van der Waals surface area (Å²) in [4.78, 5) is 14.1. The molecule has 0 aliphatic carbocycles. The van der Waals surface area contributed by atoms with Crippen LogP contribution in [0.25, 0.3) is 0 Å². The summed E-state index contributed by atoms with van der Waals surface area (Å²) in [6, 6.07) is 7.48. The standard InChI is InChI=1S/C13H18ClNO/c1-13(2,15(3)4)12(16)9-10-7-5-6-8-11(10)14/h5-8H,9H2,1-4H3. The maximum atomic E-state index is 12.1. The maximum Gasteiger partial charge on any atom is 0.156 e. The molecule has 0 bridgehead atoms. The van der Waals surface area contributed by atoms with Gasteiger partial charge in [-0.2, -0.15) is 0 Å². The van der Waals surface area contributed by atoms with Crippen molar-refractivity contribution in [2.75, 3.05) is 14.1 Å². The normalized spacial score (nSPS) is 11.9. The van der Waals surface area contributed by atoms with Crippen LogP contribution in [0.2, 0.25) is 5.02 Å². The second-order valence-corrected chi connectivity index (χ2v) is 5.05. The molecule has 0 aliphatic rings. The number of ketones is 1. The number of likely N-dealkylation sites (N-methyl/N-ethyl adjacent to an activating group) is 1. The Bertz CT molecular complexity index is 385. The van der Waals surface area contributed by atoms with E-state index in [-0.39, 0.29) is 5.78 Å². The fourth-order valence-electron chi connectivity index (χ4n) is 1.28. The monoisotopic (exact) mass is 239 g/mol. The number of hydrogen-bond donors (Lipinski definition) is 0. The zero-order valence-corrected chi connectivity index (χ0v) is 11.0. The quantitative estimate of drug-likeness (QED) is 0.806. The van der Waals surface area contributed by atoms with Crippen molar-refractivity contribution < 1.29 is 4.79 Å². The van der Waals surface area contributed by atoms with Gasteiger partial charge in [-0.1, -0.05) is 29.8 Å². The fraction of sp³-hybridized carbons (Fsp3) is 0.462. The molecule has 0 unspecified atom stereocenters. The van der Waals surface area contributed by atoms with Crippen LogP contribution in [0.3, 0.4) is 0 Å². The van der Waals surface area contributed by atoms with E-state index in [9.17, 15) is 4.79 Å². The van der Waals surface area contributed by atoms with Crippen molar-refractivity contribution >= 4 is 17.4 Å². The zero-order chi connectivity index (χ0) is 12.3. The molecule has 0 aromatic heterocycles. The summed E-state index contributed by atoms with van der Waals surface area (Å²) in [6.45, 7) is 3.85. The Morgan fingerprint density at radius 1 is 1.31 bits per heavy atom. The number of Topliss-reactive ketones (excluding diaryl/α,β-unsaturated/α-hetero) is 1. The number of rotatable bonds is 4. The average Bonchev–Trinajstić information content (AvgIpc) is 2.21. The highest BCUT2D eigenvalue weighted by Gasteiger charge is 2.29. The van der Waals surface area contributed by atoms with Gasteiger partial charge in [0.25, 0.3) is 0 Å². The van der Waals surface area contributed by atoms with Crippen LogP contribution in [-0.4, -0.2) is 30.3 Å². The van der Waals surface area contributed by atoms with Crippen LogP contribution in [0.5, 0.6) is 0 Å². The first kappa shape index (κ1) is 13.2. The summed E-state index contributed by atoms with van der Waals surface area (Å²) in [5.41, 5.74) is 0.434. The topological polar surface area (TPSA) is 20.3 Å². The molecule has 88 valence electrons. The molecule has 0 atom stereocenters. The number of nitrogens with zero attached hydrogens (tertiary/aromatic N) is 1. The molecule has 0 aliphatic heterocycles. The number of carbonyl (C=O) groups is 1. The molecule has 16 heavy (non-hydrogen) atoms. The lowest BCUT2D eigenvalue weighted by Gasteiger charge is -2.31. The molecule has 0 saturated heterocycles. The lowest BCUT2D eigenvalue weighted by atomic mass is 9.92. The van der Waals surface area contributed by atoms with Gasteiger partial charge in [0.1, 0.15) is 0 Å². The first-order valence-corrected chi connectivity index (χ1v) is 5.67. The van der Waals surface area contributed by atoms with Crippen molar-refractivity contribution in [3.8, 4) is 0 Å². The van der Waals surface area contributed by atoms with E-state index in [1.807, 2.05) is 57.1 Å². The van der Waals surface area contributed by atoms with Crippen molar-refractivity contribution in [3.63, 3.8) is 0 Å². The maximum absolute atomic E-state index is 12.1. The zero-order valence-electron chi connectivity index (χ0n) is 10.2. The van der Waals surface area contributed by atoms with Crippen LogP contribution in [0, 0.1) is 0 Å². The van der Waals surface area contributed by atoms with E-state index in [0.717, 1.165) is 5.56 Å². The van der Waals surface area contributed by atoms with Gasteiger partial charge in [-0.25, -0.2) is 0 Å². The Labute approximate surface area is 102 Å². The van der Waals surface area contributed by atoms with Gasteiger partial charge >= 0.3 is 0 Å². The summed E-state index contributed by atoms with van der Waals surface area (Å²) < 4.78 is 0. The smallest absolute Gasteiger partial charge is 0.156 e. The third kappa shape index (κ3) is 2.83. The minimum Gasteiger partial charge on any atom is -0.298 e. The van der Waals surface area contributed by atoms with Crippen molar-refractivity contribution in [2.45, 2.75) is 25.8 Å². The van der Waals surface area contributed by atoms with E-state index >= 15 is 0 Å². The Kier molecular flexibility index (Phi) is 4.11. The van der Waals surface area contributed by atoms with Gasteiger partial charge in [-0.3, -0.25) is 9.69 Å². The lowest BCUT2D eigenvalue weighted by molar-refractivity contribution is -0.127. The van der Waals surface area contributed by atoms with Crippen LogP contribution in [-0.2, 0) is 11.2 Å². The Hall–Kier alpha value is -0.860. The molecule has 0 fully saturated rings. The molecule has 0 N–H and O–H groups in total. The van der Waals surface area contributed by atoms with Crippen LogP contribution >= 0.6 is 11.6 Å². The second-order valence-electron chi connectivity index (χ2n) is 4.64. The summed E-state index contributed by atoms with van der Waals surface area (Å²) >= 11 is 6.03. The molecule has 0 amide bonds. The SMILES string of the molecule is CN(C)C(C)(C)C(=O)Cc1ccccc1Cl. The van der Waals surface area contributed by atoms with E-state index < -0.39 is 5.54 Å². The molecule has 1 aromatic rings. The molecule has 0 heterocycles. The number of benzene rings is 1. The van der Waals surface area contributed by atoms with E-state index in [4.69, 9.17) is 11.6 Å². The molecule has 0 saturated carbocycles. The average molecular weight is 240 g/mol. The predicted octanol–water partition coefficient (Wildman–Crippen LogP) is 2.79. The summed E-state index contributed by atoms with van der Waals surface area (Å²) in [7, 11) is 3.81. The Balaban J connectivity index is 2.84. The van der Waals surface area contributed by atoms with Crippen molar-refractivity contribution in [1.29, 1.82) is 0 Å². The van der Waals surface area contributed by atoms with Crippen molar-refractivity contribution in [2.24, 2.45) is 0 Å². The van der Waals surface area contributed by atoms with Crippen LogP contribution in [0.4, 0.5) is 0 Å². The summed E-state index contributed by atoms with van der Waals surface area (Å²) in [6.07, 6.45) is 0.380. The van der Waals surface area contributed by atoms with Crippen molar-refractivity contribution in [1.82, 2.24) is 4.90 Å². The lowest BCUT2D eigenvalue weighted by Crippen LogP contribution is -2.46. The minimum absolute atomic E-state index is 0.172. The van der Waals surface area contributed by atoms with Gasteiger partial charge in [0, 0.05) is 11.4 Å². The van der Waals surface area contributed by atoms with Gasteiger partial charge in [-0.15, -0.1) is 0 Å². The molecule has 1 rings (SSSR count). The Morgan fingerprint density at radius 3 is 2.38 bits per heavy atom. The first-order chi connectivity index (χ1) is 7.35. The van der Waals surface area contributed by atoms with Gasteiger partial charge in [-0.05, 0) is 39.6 Å². The van der Waals surface area contributed by atoms with E-state index in [1.165, 1.54) is 0 Å². The second kappa shape index (κ2) is 4.98. The molecule has 0 spiro atoms. The van der Waals surface area contributed by atoms with Crippen LogP contribution in [0.15, 0.2) is 24.3 Å². The summed E-state index contributed by atoms with van der Waals surface area (Å²) in [5, 5.41) is 0.658. The van der Waals surface area contributed by atoms with E-state index in [1.54, 1.807) is 0 Å². The van der Waals surface area contributed by atoms with Gasteiger partial charge in [0.2, 0.25) is 0 Å². The molecular formula is C13H18ClNO. The highest BCUT2D eigenvalue weighted by molar-refractivity contribution is 6.31. The Morgan fingerprint density at radius 2 is 1.88 bits per heavy atom. The third-order valence-corrected chi connectivity index (χ3v) is 3.48. The van der Waals surface area contributed by atoms with Gasteiger partial charge < -0.3 is 0 Å². The van der Waals surface area contributed by atoms with Crippen molar-refractivity contribution in [3.05, 3.63) is 34.9 Å². The van der Waals surface area contributed by atoms with Crippen LogP contribution < -0.4 is 0 Å². The highest BCUT2D eigenvalue weighted by atomic mass is 35.5. The molecule has 1 aromatic carbocycles. The molecule has 0 radical (unpaired) electrons. The molecule has 3 heteroatoms. The third-order valence-electron chi connectivity index (χ3n) is 3.11. The summed E-state index contributed by atoms with van der Waals surface area (Å²) in [5.74, 6) is 0.172. The van der Waals surface area contributed by atoms with E-state index in [2.05, 4.69) is 0 Å². The largest absolute Gasteiger partial charge is 0.298 e. The number of hydrogen-bond acceptors (Lipinski definition) is 2. The minimum atomic E-state index is -0.459. The van der Waals surface area contributed by atoms with Gasteiger partial charge in [0.05, 0.1) is 5.54 Å².